The molecule has 1 unspecified atom stereocenters. The normalized spacial score (nSPS) is 12.6. The molecule has 0 amide bonds. The van der Waals surface area contributed by atoms with E-state index >= 15 is 0 Å². The monoisotopic (exact) mass is 225 g/mol. The summed E-state index contributed by atoms with van der Waals surface area (Å²) in [5, 5.41) is 13.2. The zero-order valence-electron chi connectivity index (χ0n) is 9.59. The Morgan fingerprint density at radius 3 is 2.94 bits per heavy atom. The molecule has 0 saturated carbocycles. The van der Waals surface area contributed by atoms with Crippen LogP contribution in [0.5, 0.6) is 0 Å². The summed E-state index contributed by atoms with van der Waals surface area (Å²) in [6.45, 7) is 3.35. The van der Waals surface area contributed by atoms with Crippen molar-refractivity contribution in [2.45, 2.75) is 32.7 Å². The third-order valence-electron chi connectivity index (χ3n) is 2.60. The van der Waals surface area contributed by atoms with Gasteiger partial charge in [0.05, 0.1) is 12.1 Å². The molecule has 16 heavy (non-hydrogen) atoms. The van der Waals surface area contributed by atoms with Gasteiger partial charge in [-0.2, -0.15) is 5.10 Å². The van der Waals surface area contributed by atoms with Crippen molar-refractivity contribution in [2.75, 3.05) is 6.54 Å². The second-order valence-corrected chi connectivity index (χ2v) is 3.87. The molecule has 1 aromatic rings. The van der Waals surface area contributed by atoms with Gasteiger partial charge in [0.15, 0.2) is 0 Å². The summed E-state index contributed by atoms with van der Waals surface area (Å²) < 4.78 is 1.80. The second kappa shape index (κ2) is 6.27. The van der Waals surface area contributed by atoms with E-state index in [1.165, 1.54) is 0 Å². The second-order valence-electron chi connectivity index (χ2n) is 3.87. The Balaban J connectivity index is 2.56. The van der Waals surface area contributed by atoms with Crippen molar-refractivity contribution in [1.82, 2.24) is 9.78 Å². The Morgan fingerprint density at radius 1 is 1.69 bits per heavy atom. The molecule has 0 aliphatic rings. The Bertz CT molecular complexity index is 336. The first-order valence-corrected chi connectivity index (χ1v) is 5.61. The molecule has 0 spiro atoms. The van der Waals surface area contributed by atoms with Crippen LogP contribution in [0.3, 0.4) is 0 Å². The van der Waals surface area contributed by atoms with Gasteiger partial charge in [0.25, 0.3) is 0 Å². The number of hydrogen-bond donors (Lipinski definition) is 2. The Labute approximate surface area is 95.3 Å². The molecule has 0 fully saturated rings. The van der Waals surface area contributed by atoms with Gasteiger partial charge in [-0.05, 0) is 38.3 Å². The van der Waals surface area contributed by atoms with Crippen LogP contribution in [0.25, 0.3) is 0 Å². The number of rotatable bonds is 7. The van der Waals surface area contributed by atoms with E-state index in [1.807, 2.05) is 13.1 Å². The number of carboxylic acids is 1. The van der Waals surface area contributed by atoms with E-state index in [0.29, 0.717) is 19.4 Å². The van der Waals surface area contributed by atoms with Crippen LogP contribution in [0.1, 0.15) is 25.3 Å². The van der Waals surface area contributed by atoms with E-state index in [2.05, 4.69) is 5.10 Å². The van der Waals surface area contributed by atoms with Crippen molar-refractivity contribution < 1.29 is 9.90 Å². The highest BCUT2D eigenvalue weighted by Crippen LogP contribution is 2.14. The fourth-order valence-electron chi connectivity index (χ4n) is 1.65. The molecule has 1 rings (SSSR count). The molecule has 0 radical (unpaired) electrons. The average molecular weight is 225 g/mol. The third-order valence-corrected chi connectivity index (χ3v) is 2.60. The maximum atomic E-state index is 11.0. The molecule has 0 bridgehead atoms. The molecule has 0 aliphatic carbocycles. The van der Waals surface area contributed by atoms with Crippen molar-refractivity contribution in [3.05, 3.63) is 18.0 Å². The first-order valence-electron chi connectivity index (χ1n) is 5.61. The van der Waals surface area contributed by atoms with E-state index in [0.717, 1.165) is 18.5 Å². The Kier molecular flexibility index (Phi) is 4.98. The number of nitrogens with two attached hydrogens (primary N) is 1. The van der Waals surface area contributed by atoms with Crippen molar-refractivity contribution in [2.24, 2.45) is 11.7 Å². The lowest BCUT2D eigenvalue weighted by atomic mass is 9.96. The number of aromatic nitrogens is 2. The minimum absolute atomic E-state index is 0.349. The summed E-state index contributed by atoms with van der Waals surface area (Å²) in [7, 11) is 0. The summed E-state index contributed by atoms with van der Waals surface area (Å²) in [6.07, 6.45) is 5.55. The van der Waals surface area contributed by atoms with E-state index < -0.39 is 5.97 Å². The van der Waals surface area contributed by atoms with Gasteiger partial charge >= 0.3 is 5.97 Å². The smallest absolute Gasteiger partial charge is 0.306 e. The number of carboxylic acid groups (broad SMARTS) is 1. The predicted molar refractivity (Wildman–Crippen MR) is 61.0 cm³/mol. The minimum Gasteiger partial charge on any atom is -0.481 e. The lowest BCUT2D eigenvalue weighted by molar-refractivity contribution is -0.141. The number of aliphatic carboxylic acids is 1. The number of hydrogen-bond acceptors (Lipinski definition) is 3. The minimum atomic E-state index is -0.752. The van der Waals surface area contributed by atoms with Crippen LogP contribution in [-0.2, 0) is 17.8 Å². The zero-order chi connectivity index (χ0) is 12.0. The highest BCUT2D eigenvalue weighted by atomic mass is 16.4. The zero-order valence-corrected chi connectivity index (χ0v) is 9.59. The summed E-state index contributed by atoms with van der Waals surface area (Å²) in [5.74, 6) is -1.10. The molecule has 3 N–H and O–H groups in total. The fourth-order valence-corrected chi connectivity index (χ4v) is 1.65. The first kappa shape index (κ1) is 12.7. The lowest BCUT2D eigenvalue weighted by Crippen LogP contribution is -2.17. The summed E-state index contributed by atoms with van der Waals surface area (Å²) in [4.78, 5) is 11.0. The maximum Gasteiger partial charge on any atom is 0.306 e. The quantitative estimate of drug-likeness (QED) is 0.722. The molecular weight excluding hydrogens is 206 g/mol. The molecule has 1 heterocycles. The van der Waals surface area contributed by atoms with Crippen LogP contribution in [0.15, 0.2) is 12.4 Å². The van der Waals surface area contributed by atoms with Gasteiger partial charge in [-0.1, -0.05) is 0 Å². The van der Waals surface area contributed by atoms with Crippen molar-refractivity contribution >= 4 is 5.97 Å². The van der Waals surface area contributed by atoms with Crippen LogP contribution in [0.4, 0.5) is 0 Å². The molecule has 0 saturated heterocycles. The molecule has 0 aromatic carbocycles. The third kappa shape index (κ3) is 3.66. The SMILES string of the molecule is CCn1cc(CC(CCCN)C(=O)O)cn1. The molecule has 1 atom stereocenters. The highest BCUT2D eigenvalue weighted by molar-refractivity contribution is 5.70. The van der Waals surface area contributed by atoms with Gasteiger partial charge < -0.3 is 10.8 Å². The van der Waals surface area contributed by atoms with Crippen LogP contribution >= 0.6 is 0 Å². The standard InChI is InChI=1S/C11H19N3O2/c1-2-14-8-9(7-13-14)6-10(11(15)16)4-3-5-12/h7-8,10H,2-6,12H2,1H3,(H,15,16). The molecular formula is C11H19N3O2. The molecule has 90 valence electrons. The van der Waals surface area contributed by atoms with E-state index in [4.69, 9.17) is 10.8 Å². The summed E-state index contributed by atoms with van der Waals surface area (Å²) in [6, 6.07) is 0. The largest absolute Gasteiger partial charge is 0.481 e. The van der Waals surface area contributed by atoms with Gasteiger partial charge in [-0.15, -0.1) is 0 Å². The average Bonchev–Trinajstić information content (AvgIpc) is 2.71. The van der Waals surface area contributed by atoms with Crippen molar-refractivity contribution in [3.8, 4) is 0 Å². The topological polar surface area (TPSA) is 81.1 Å². The maximum absolute atomic E-state index is 11.0. The van der Waals surface area contributed by atoms with E-state index in [-0.39, 0.29) is 5.92 Å². The van der Waals surface area contributed by atoms with Crippen molar-refractivity contribution in [1.29, 1.82) is 0 Å². The van der Waals surface area contributed by atoms with Gasteiger partial charge in [-0.25, -0.2) is 0 Å². The van der Waals surface area contributed by atoms with Crippen LogP contribution in [0.2, 0.25) is 0 Å². The molecule has 1 aromatic heterocycles. The van der Waals surface area contributed by atoms with Crippen molar-refractivity contribution in [3.63, 3.8) is 0 Å². The fraction of sp³-hybridized carbons (Fsp3) is 0.636. The summed E-state index contributed by atoms with van der Waals surface area (Å²) in [5.41, 5.74) is 6.36. The molecule has 5 heteroatoms. The van der Waals surface area contributed by atoms with Gasteiger partial charge in [0.2, 0.25) is 0 Å². The van der Waals surface area contributed by atoms with Gasteiger partial charge in [0.1, 0.15) is 0 Å². The molecule has 5 nitrogen and oxygen atoms in total. The number of carbonyl (C=O) groups is 1. The Morgan fingerprint density at radius 2 is 2.44 bits per heavy atom. The first-order chi connectivity index (χ1) is 7.67. The summed E-state index contributed by atoms with van der Waals surface area (Å²) >= 11 is 0. The van der Waals surface area contributed by atoms with E-state index in [1.54, 1.807) is 10.9 Å². The van der Waals surface area contributed by atoms with Crippen LogP contribution in [-0.4, -0.2) is 27.4 Å². The highest BCUT2D eigenvalue weighted by Gasteiger charge is 2.17. The predicted octanol–water partition coefficient (Wildman–Crippen LogP) is 0.885. The molecule has 0 aliphatic heterocycles. The van der Waals surface area contributed by atoms with Crippen LogP contribution in [0, 0.1) is 5.92 Å². The Hall–Kier alpha value is -1.36. The van der Waals surface area contributed by atoms with Gasteiger partial charge in [-0.3, -0.25) is 9.48 Å². The van der Waals surface area contributed by atoms with Gasteiger partial charge in [0, 0.05) is 12.7 Å². The van der Waals surface area contributed by atoms with Crippen LogP contribution < -0.4 is 5.73 Å². The number of aryl methyl sites for hydroxylation is 1. The number of nitrogens with zero attached hydrogens (tertiary/aromatic N) is 2. The van der Waals surface area contributed by atoms with E-state index in [9.17, 15) is 4.79 Å². The lowest BCUT2D eigenvalue weighted by Gasteiger charge is -2.09.